The van der Waals surface area contributed by atoms with Gasteiger partial charge in [-0.25, -0.2) is 9.80 Å². The molecule has 2 aliphatic heterocycles. The molecule has 0 radical (unpaired) electrons. The van der Waals surface area contributed by atoms with Gasteiger partial charge in [0.1, 0.15) is 0 Å². The summed E-state index contributed by atoms with van der Waals surface area (Å²) in [6, 6.07) is 7.09. The summed E-state index contributed by atoms with van der Waals surface area (Å²) in [7, 11) is 1.72. The fraction of sp³-hybridized carbons (Fsp3) is 0.591. The average molecular weight is 386 g/mol. The molecule has 0 aromatic heterocycles. The van der Waals surface area contributed by atoms with E-state index >= 15 is 0 Å². The quantitative estimate of drug-likeness (QED) is 0.518. The topological polar surface area (TPSA) is 79.2 Å². The molecule has 1 aromatic carbocycles. The Morgan fingerprint density at radius 1 is 1.25 bits per heavy atom. The van der Waals surface area contributed by atoms with Crippen molar-refractivity contribution in [1.82, 2.24) is 5.01 Å². The van der Waals surface area contributed by atoms with Gasteiger partial charge < -0.3 is 9.84 Å². The van der Waals surface area contributed by atoms with E-state index in [-0.39, 0.29) is 24.0 Å². The van der Waals surface area contributed by atoms with E-state index < -0.39 is 5.97 Å². The molecule has 0 spiro atoms. The van der Waals surface area contributed by atoms with Crippen LogP contribution in [-0.4, -0.2) is 47.5 Å². The van der Waals surface area contributed by atoms with Crippen LogP contribution < -0.4 is 0 Å². The number of amides is 1. The number of fused-ring (bicyclic) bond motifs is 2. The van der Waals surface area contributed by atoms with Gasteiger partial charge >= 0.3 is 5.97 Å². The average Bonchev–Trinajstić information content (AvgIpc) is 3.30. The molecule has 6 nitrogen and oxygen atoms in total. The van der Waals surface area contributed by atoms with E-state index in [1.165, 1.54) is 5.01 Å². The smallest absolute Gasteiger partial charge is 0.335 e. The van der Waals surface area contributed by atoms with Gasteiger partial charge in [0.05, 0.1) is 17.8 Å². The zero-order valence-corrected chi connectivity index (χ0v) is 16.7. The van der Waals surface area contributed by atoms with Crippen molar-refractivity contribution >= 4 is 18.1 Å². The summed E-state index contributed by atoms with van der Waals surface area (Å²) >= 11 is 0. The molecule has 1 aromatic rings. The van der Waals surface area contributed by atoms with Crippen LogP contribution in [0.3, 0.4) is 0 Å². The van der Waals surface area contributed by atoms with Crippen LogP contribution in [-0.2, 0) is 16.0 Å². The zero-order valence-electron chi connectivity index (χ0n) is 16.7. The van der Waals surface area contributed by atoms with Gasteiger partial charge in [-0.3, -0.25) is 4.79 Å². The van der Waals surface area contributed by atoms with Crippen molar-refractivity contribution in [3.8, 4) is 0 Å². The Morgan fingerprint density at radius 2 is 1.96 bits per heavy atom. The number of ether oxygens (including phenoxy) is 1. The second-order valence-electron chi connectivity index (χ2n) is 7.86. The maximum absolute atomic E-state index is 12.1. The van der Waals surface area contributed by atoms with Crippen LogP contribution in [0.5, 0.6) is 0 Å². The first kappa shape index (κ1) is 20.5. The van der Waals surface area contributed by atoms with Crippen LogP contribution in [0.25, 0.3) is 0 Å². The van der Waals surface area contributed by atoms with Crippen LogP contribution in [0, 0.1) is 11.8 Å². The molecule has 0 unspecified atom stereocenters. The Balaban J connectivity index is 1.59. The minimum Gasteiger partial charge on any atom is -0.478 e. The standard InChI is InChI=1S/C22H30N2O4/c1-3-4-5-21(25)24(2)23-14-18-17(19-12-13-20(18)28-19)11-8-15-6-9-16(10-7-15)22(26)27/h6-7,9-10,14,17-20H,3-5,8,11-13H2,1-2H3,(H,26,27)/t17-,18+,19-,20+/m1/s1. The van der Waals surface area contributed by atoms with Gasteiger partial charge in [0.15, 0.2) is 0 Å². The molecular weight excluding hydrogens is 356 g/mol. The van der Waals surface area contributed by atoms with Crippen LogP contribution in [0.4, 0.5) is 0 Å². The lowest BCUT2D eigenvalue weighted by atomic mass is 9.77. The lowest BCUT2D eigenvalue weighted by molar-refractivity contribution is -0.130. The van der Waals surface area contributed by atoms with Gasteiger partial charge in [-0.2, -0.15) is 5.10 Å². The summed E-state index contributed by atoms with van der Waals surface area (Å²) in [5.74, 6) is -0.224. The largest absolute Gasteiger partial charge is 0.478 e. The number of benzene rings is 1. The van der Waals surface area contributed by atoms with E-state index in [2.05, 4.69) is 12.0 Å². The Hall–Kier alpha value is -2.21. The number of carbonyl (C=O) groups excluding carboxylic acids is 1. The van der Waals surface area contributed by atoms with Gasteiger partial charge in [0, 0.05) is 25.6 Å². The maximum Gasteiger partial charge on any atom is 0.335 e. The van der Waals surface area contributed by atoms with Gasteiger partial charge in [-0.1, -0.05) is 25.5 Å². The van der Waals surface area contributed by atoms with Crippen molar-refractivity contribution < 1.29 is 19.4 Å². The number of hydrazone groups is 1. The molecule has 28 heavy (non-hydrogen) atoms. The summed E-state index contributed by atoms with van der Waals surface area (Å²) in [6.07, 6.45) is 8.80. The third-order valence-electron chi connectivity index (χ3n) is 5.97. The number of nitrogens with zero attached hydrogens (tertiary/aromatic N) is 2. The van der Waals surface area contributed by atoms with Crippen molar-refractivity contribution in [2.75, 3.05) is 7.05 Å². The molecule has 152 valence electrons. The summed E-state index contributed by atoms with van der Waals surface area (Å²) < 4.78 is 6.12. The summed E-state index contributed by atoms with van der Waals surface area (Å²) in [6.45, 7) is 2.07. The second kappa shape index (κ2) is 9.32. The van der Waals surface area contributed by atoms with Crippen molar-refractivity contribution in [3.05, 3.63) is 35.4 Å². The number of carboxylic acid groups (broad SMARTS) is 1. The predicted octanol–water partition coefficient (Wildman–Crippen LogP) is 3.75. The number of aryl methyl sites for hydroxylation is 1. The molecule has 1 N–H and O–H groups in total. The number of hydrogen-bond donors (Lipinski definition) is 1. The first-order valence-electron chi connectivity index (χ1n) is 10.3. The number of hydrogen-bond acceptors (Lipinski definition) is 4. The Labute approximate surface area is 166 Å². The number of carboxylic acids is 1. The van der Waals surface area contributed by atoms with E-state index in [1.807, 2.05) is 18.3 Å². The molecule has 2 heterocycles. The number of unbranched alkanes of at least 4 members (excludes halogenated alkanes) is 1. The molecule has 0 aliphatic carbocycles. The molecular formula is C22H30N2O4. The number of aromatic carboxylic acids is 1. The lowest BCUT2D eigenvalue weighted by Gasteiger charge is -2.25. The highest BCUT2D eigenvalue weighted by Gasteiger charge is 2.47. The fourth-order valence-corrected chi connectivity index (χ4v) is 4.27. The highest BCUT2D eigenvalue weighted by Crippen LogP contribution is 2.44. The summed E-state index contributed by atoms with van der Waals surface area (Å²) in [5, 5.41) is 14.9. The molecule has 2 bridgehead atoms. The monoisotopic (exact) mass is 386 g/mol. The van der Waals surface area contributed by atoms with Gasteiger partial charge in [-0.05, 0) is 55.7 Å². The SMILES string of the molecule is CCCCC(=O)N(C)N=C[C@H]1[C@@H](CCc2ccc(C(=O)O)cc2)[C@H]2CC[C@@H]1O2. The van der Waals surface area contributed by atoms with Crippen molar-refractivity contribution in [1.29, 1.82) is 0 Å². The number of rotatable bonds is 9. The molecule has 4 atom stereocenters. The maximum atomic E-state index is 12.1. The summed E-state index contributed by atoms with van der Waals surface area (Å²) in [5.41, 5.74) is 1.45. The highest BCUT2D eigenvalue weighted by molar-refractivity contribution is 5.87. The van der Waals surface area contributed by atoms with Crippen LogP contribution in [0.15, 0.2) is 29.4 Å². The third-order valence-corrected chi connectivity index (χ3v) is 5.97. The first-order valence-corrected chi connectivity index (χ1v) is 10.3. The first-order chi connectivity index (χ1) is 13.5. The number of carbonyl (C=O) groups is 2. The normalized spacial score (nSPS) is 26.1. The van der Waals surface area contributed by atoms with E-state index in [0.717, 1.165) is 44.1 Å². The predicted molar refractivity (Wildman–Crippen MR) is 107 cm³/mol. The Kier molecular flexibility index (Phi) is 6.83. The fourth-order valence-electron chi connectivity index (χ4n) is 4.27. The molecule has 0 saturated carbocycles. The minimum absolute atomic E-state index is 0.0530. The van der Waals surface area contributed by atoms with Crippen LogP contribution in [0.1, 0.15) is 61.4 Å². The van der Waals surface area contributed by atoms with E-state index in [0.29, 0.717) is 17.9 Å². The minimum atomic E-state index is -0.901. The molecule has 2 aliphatic rings. The molecule has 3 rings (SSSR count). The third kappa shape index (κ3) is 4.79. The van der Waals surface area contributed by atoms with E-state index in [4.69, 9.17) is 9.84 Å². The van der Waals surface area contributed by atoms with Crippen molar-refractivity contribution in [3.63, 3.8) is 0 Å². The van der Waals surface area contributed by atoms with Crippen molar-refractivity contribution in [2.24, 2.45) is 16.9 Å². The van der Waals surface area contributed by atoms with Crippen LogP contribution in [0.2, 0.25) is 0 Å². The molecule has 2 fully saturated rings. The summed E-state index contributed by atoms with van der Waals surface area (Å²) in [4.78, 5) is 23.1. The highest BCUT2D eigenvalue weighted by atomic mass is 16.5. The Bertz CT molecular complexity index is 716. The molecule has 6 heteroatoms. The van der Waals surface area contributed by atoms with Gasteiger partial charge in [-0.15, -0.1) is 0 Å². The van der Waals surface area contributed by atoms with E-state index in [9.17, 15) is 9.59 Å². The Morgan fingerprint density at radius 3 is 2.64 bits per heavy atom. The van der Waals surface area contributed by atoms with Gasteiger partial charge in [0.25, 0.3) is 0 Å². The molecule has 1 amide bonds. The second-order valence-corrected chi connectivity index (χ2v) is 7.86. The van der Waals surface area contributed by atoms with E-state index in [1.54, 1.807) is 19.2 Å². The zero-order chi connectivity index (χ0) is 20.1. The van der Waals surface area contributed by atoms with Crippen molar-refractivity contribution in [2.45, 2.75) is 64.1 Å². The molecule has 2 saturated heterocycles. The van der Waals surface area contributed by atoms with Crippen LogP contribution >= 0.6 is 0 Å². The van der Waals surface area contributed by atoms with Gasteiger partial charge in [0.2, 0.25) is 5.91 Å². The lowest BCUT2D eigenvalue weighted by Crippen LogP contribution is -2.30.